The molecule has 0 N–H and O–H groups in total. The Morgan fingerprint density at radius 3 is 3.08 bits per heavy atom. The van der Waals surface area contributed by atoms with Crippen LogP contribution in [0.3, 0.4) is 0 Å². The highest BCUT2D eigenvalue weighted by molar-refractivity contribution is 7.07. The van der Waals surface area contributed by atoms with Gasteiger partial charge >= 0.3 is 0 Å². The smallest absolute Gasteiger partial charge is 0.248 e. The first kappa shape index (κ1) is 10.1. The number of amides is 1. The number of hydrogen-bond acceptors (Lipinski definition) is 4. The summed E-state index contributed by atoms with van der Waals surface area (Å²) in [5.41, 5.74) is 2.67. The first-order valence-electron chi connectivity index (χ1n) is 3.84. The highest BCUT2D eigenvalue weighted by atomic mass is 32.1. The lowest BCUT2D eigenvalue weighted by atomic mass is 10.4. The minimum Gasteiger partial charge on any atom is -0.375 e. The van der Waals surface area contributed by atoms with Gasteiger partial charge in [0.1, 0.15) is 6.61 Å². The standard InChI is InChI=1S/C8H12N2O2S/c1-10(8(11)4-12-2)3-7-5-13-6-9-7/h5-6H,3-4H2,1-2H3. The zero-order valence-corrected chi connectivity index (χ0v) is 8.50. The van der Waals surface area contributed by atoms with Gasteiger partial charge in [0.05, 0.1) is 17.7 Å². The molecule has 1 rings (SSSR count). The third-order valence-corrected chi connectivity index (χ3v) is 2.21. The van der Waals surface area contributed by atoms with Crippen LogP contribution in [0.25, 0.3) is 0 Å². The third-order valence-electron chi connectivity index (χ3n) is 1.58. The molecule has 0 unspecified atom stereocenters. The van der Waals surface area contributed by atoms with E-state index in [1.807, 2.05) is 5.38 Å². The zero-order chi connectivity index (χ0) is 9.68. The van der Waals surface area contributed by atoms with Gasteiger partial charge in [-0.25, -0.2) is 4.98 Å². The summed E-state index contributed by atoms with van der Waals surface area (Å²) in [7, 11) is 3.25. The predicted molar refractivity (Wildman–Crippen MR) is 50.5 cm³/mol. The van der Waals surface area contributed by atoms with E-state index in [1.54, 1.807) is 17.5 Å². The van der Waals surface area contributed by atoms with Gasteiger partial charge in [0, 0.05) is 19.5 Å². The monoisotopic (exact) mass is 200 g/mol. The minimum absolute atomic E-state index is 0.0319. The van der Waals surface area contributed by atoms with Gasteiger partial charge in [-0.05, 0) is 0 Å². The van der Waals surface area contributed by atoms with E-state index in [-0.39, 0.29) is 12.5 Å². The van der Waals surface area contributed by atoms with Gasteiger partial charge in [0.15, 0.2) is 0 Å². The molecule has 0 fully saturated rings. The molecule has 72 valence electrons. The molecular weight excluding hydrogens is 188 g/mol. The molecule has 0 aliphatic heterocycles. The molecule has 0 bridgehead atoms. The molecule has 4 nitrogen and oxygen atoms in total. The van der Waals surface area contributed by atoms with Crippen LogP contribution in [0.2, 0.25) is 0 Å². The summed E-state index contributed by atoms with van der Waals surface area (Å²) in [6.45, 7) is 0.673. The fraction of sp³-hybridized carbons (Fsp3) is 0.500. The maximum atomic E-state index is 11.2. The van der Waals surface area contributed by atoms with Crippen LogP contribution < -0.4 is 0 Å². The van der Waals surface area contributed by atoms with Crippen molar-refractivity contribution in [3.8, 4) is 0 Å². The summed E-state index contributed by atoms with van der Waals surface area (Å²) in [4.78, 5) is 16.9. The van der Waals surface area contributed by atoms with E-state index in [9.17, 15) is 4.79 Å². The number of thiazole rings is 1. The second-order valence-electron chi connectivity index (χ2n) is 2.66. The summed E-state index contributed by atoms with van der Waals surface area (Å²) < 4.78 is 4.73. The maximum absolute atomic E-state index is 11.2. The first-order chi connectivity index (χ1) is 6.24. The van der Waals surface area contributed by atoms with Gasteiger partial charge in [0.25, 0.3) is 0 Å². The number of hydrogen-bond donors (Lipinski definition) is 0. The van der Waals surface area contributed by atoms with Crippen LogP contribution in [-0.2, 0) is 16.1 Å². The molecule has 0 aliphatic carbocycles. The fourth-order valence-electron chi connectivity index (χ4n) is 0.880. The van der Waals surface area contributed by atoms with Gasteiger partial charge in [-0.3, -0.25) is 4.79 Å². The largest absolute Gasteiger partial charge is 0.375 e. The van der Waals surface area contributed by atoms with Gasteiger partial charge in [-0.2, -0.15) is 0 Å². The van der Waals surface area contributed by atoms with E-state index < -0.39 is 0 Å². The number of likely N-dealkylation sites (N-methyl/N-ethyl adjacent to an activating group) is 1. The molecule has 1 aromatic rings. The molecule has 0 aliphatic rings. The average Bonchev–Trinajstić information content (AvgIpc) is 2.57. The number of nitrogens with zero attached hydrogens (tertiary/aromatic N) is 2. The highest BCUT2D eigenvalue weighted by Crippen LogP contribution is 2.03. The second kappa shape index (κ2) is 4.94. The Morgan fingerprint density at radius 1 is 1.77 bits per heavy atom. The number of carbonyl (C=O) groups is 1. The molecule has 13 heavy (non-hydrogen) atoms. The molecule has 0 spiro atoms. The van der Waals surface area contributed by atoms with E-state index in [0.717, 1.165) is 5.69 Å². The topological polar surface area (TPSA) is 42.4 Å². The lowest BCUT2D eigenvalue weighted by Crippen LogP contribution is -2.29. The van der Waals surface area contributed by atoms with E-state index in [1.165, 1.54) is 18.4 Å². The molecule has 0 radical (unpaired) electrons. The lowest BCUT2D eigenvalue weighted by Gasteiger charge is -2.14. The molecule has 1 heterocycles. The number of carbonyl (C=O) groups excluding carboxylic acids is 1. The number of rotatable bonds is 4. The molecule has 1 aromatic heterocycles. The normalized spacial score (nSPS) is 10.0. The van der Waals surface area contributed by atoms with Crippen molar-refractivity contribution >= 4 is 17.2 Å². The van der Waals surface area contributed by atoms with Crippen molar-refractivity contribution in [3.63, 3.8) is 0 Å². The molecule has 0 saturated heterocycles. The first-order valence-corrected chi connectivity index (χ1v) is 4.78. The van der Waals surface area contributed by atoms with E-state index in [4.69, 9.17) is 4.74 Å². The maximum Gasteiger partial charge on any atom is 0.248 e. The highest BCUT2D eigenvalue weighted by Gasteiger charge is 2.08. The van der Waals surface area contributed by atoms with Crippen molar-refractivity contribution in [3.05, 3.63) is 16.6 Å². The van der Waals surface area contributed by atoms with Crippen LogP contribution >= 0.6 is 11.3 Å². The molecule has 0 aromatic carbocycles. The number of ether oxygens (including phenoxy) is 1. The summed E-state index contributed by atoms with van der Waals surface area (Å²) in [5, 5.41) is 1.93. The van der Waals surface area contributed by atoms with Crippen LogP contribution in [0.15, 0.2) is 10.9 Å². The Hall–Kier alpha value is -0.940. The van der Waals surface area contributed by atoms with Crippen LogP contribution in [-0.4, -0.2) is 36.6 Å². The SMILES string of the molecule is COCC(=O)N(C)Cc1cscn1. The quantitative estimate of drug-likeness (QED) is 0.720. The summed E-state index contributed by atoms with van der Waals surface area (Å²) in [6, 6.07) is 0. The van der Waals surface area contributed by atoms with Crippen molar-refractivity contribution < 1.29 is 9.53 Å². The lowest BCUT2D eigenvalue weighted by molar-refractivity contribution is -0.134. The van der Waals surface area contributed by atoms with E-state index >= 15 is 0 Å². The fourth-order valence-corrected chi connectivity index (χ4v) is 1.43. The zero-order valence-electron chi connectivity index (χ0n) is 7.69. The van der Waals surface area contributed by atoms with Gasteiger partial charge in [-0.15, -0.1) is 11.3 Å². The van der Waals surface area contributed by atoms with Crippen molar-refractivity contribution in [1.82, 2.24) is 9.88 Å². The number of methoxy groups -OCH3 is 1. The summed E-state index contributed by atoms with van der Waals surface area (Å²) >= 11 is 1.53. The Morgan fingerprint density at radius 2 is 2.54 bits per heavy atom. The summed E-state index contributed by atoms with van der Waals surface area (Å²) in [6.07, 6.45) is 0. The van der Waals surface area contributed by atoms with Crippen LogP contribution in [0, 0.1) is 0 Å². The van der Waals surface area contributed by atoms with Crippen molar-refractivity contribution in [1.29, 1.82) is 0 Å². The second-order valence-corrected chi connectivity index (χ2v) is 3.38. The van der Waals surface area contributed by atoms with Crippen molar-refractivity contribution in [2.24, 2.45) is 0 Å². The van der Waals surface area contributed by atoms with Crippen LogP contribution in [0.4, 0.5) is 0 Å². The van der Waals surface area contributed by atoms with Crippen molar-refractivity contribution in [2.45, 2.75) is 6.54 Å². The molecule has 0 atom stereocenters. The van der Waals surface area contributed by atoms with Gasteiger partial charge in [0.2, 0.25) is 5.91 Å². The van der Waals surface area contributed by atoms with Crippen LogP contribution in [0.5, 0.6) is 0 Å². The molecular formula is C8H12N2O2S. The Balaban J connectivity index is 2.41. The van der Waals surface area contributed by atoms with Crippen LogP contribution in [0.1, 0.15) is 5.69 Å². The summed E-state index contributed by atoms with van der Waals surface area (Å²) in [5.74, 6) is -0.0319. The Kier molecular flexibility index (Phi) is 3.85. The molecule has 0 saturated carbocycles. The minimum atomic E-state index is -0.0319. The molecule has 5 heteroatoms. The average molecular weight is 200 g/mol. The van der Waals surface area contributed by atoms with Gasteiger partial charge in [-0.1, -0.05) is 0 Å². The number of aromatic nitrogens is 1. The predicted octanol–water partition coefficient (Wildman–Crippen LogP) is 0.748. The Labute approximate surface area is 81.2 Å². The van der Waals surface area contributed by atoms with Crippen molar-refractivity contribution in [2.75, 3.05) is 20.8 Å². The van der Waals surface area contributed by atoms with E-state index in [0.29, 0.717) is 6.54 Å². The van der Waals surface area contributed by atoms with E-state index in [2.05, 4.69) is 4.98 Å². The Bertz CT molecular complexity index is 261. The molecule has 1 amide bonds. The van der Waals surface area contributed by atoms with Gasteiger partial charge < -0.3 is 9.64 Å². The third kappa shape index (κ3) is 3.12.